The summed E-state index contributed by atoms with van der Waals surface area (Å²) in [5.41, 5.74) is 0. The minimum absolute atomic E-state index is 0.0200. The van der Waals surface area contributed by atoms with E-state index in [2.05, 4.69) is 0 Å². The van der Waals surface area contributed by atoms with Crippen molar-refractivity contribution in [1.82, 2.24) is 4.90 Å². The van der Waals surface area contributed by atoms with Crippen LogP contribution in [0.3, 0.4) is 0 Å². The molecule has 0 radical (unpaired) electrons. The molecular weight excluding hydrogens is 230 g/mol. The molecule has 0 N–H and O–H groups in total. The molecule has 0 spiro atoms. The number of rotatable bonds is 5. The zero-order valence-corrected chi connectivity index (χ0v) is 10.9. The van der Waals surface area contributed by atoms with E-state index in [0.717, 1.165) is 0 Å². The molecule has 1 aliphatic heterocycles. The molecule has 16 heavy (non-hydrogen) atoms. The third kappa shape index (κ3) is 3.09. The number of nitrogens with zero attached hydrogens (tertiary/aromatic N) is 1. The van der Waals surface area contributed by atoms with Crippen molar-refractivity contribution >= 4 is 17.5 Å². The Labute approximate surface area is 102 Å². The second kappa shape index (κ2) is 6.42. The lowest BCUT2D eigenvalue weighted by atomic mass is 10.2. The Morgan fingerprint density at radius 2 is 2.06 bits per heavy atom. The van der Waals surface area contributed by atoms with Crippen molar-refractivity contribution in [2.45, 2.75) is 37.9 Å². The molecular formula is C11H20ClNO3. The fourth-order valence-electron chi connectivity index (χ4n) is 1.90. The summed E-state index contributed by atoms with van der Waals surface area (Å²) in [5, 5.41) is -0.433. The molecule has 0 aromatic carbocycles. The zero-order valence-electron chi connectivity index (χ0n) is 10.1. The number of carbonyl (C=O) groups excluding carboxylic acids is 1. The Hall–Kier alpha value is -0.320. The van der Waals surface area contributed by atoms with Crippen molar-refractivity contribution in [1.29, 1.82) is 0 Å². The largest absolute Gasteiger partial charge is 0.377 e. The van der Waals surface area contributed by atoms with Gasteiger partial charge in [-0.3, -0.25) is 4.79 Å². The molecule has 0 aromatic rings. The van der Waals surface area contributed by atoms with Crippen molar-refractivity contribution in [3.63, 3.8) is 0 Å². The summed E-state index contributed by atoms with van der Waals surface area (Å²) in [6, 6.07) is 0. The third-order valence-electron chi connectivity index (χ3n) is 2.84. The van der Waals surface area contributed by atoms with Crippen LogP contribution in [0.4, 0.5) is 0 Å². The van der Waals surface area contributed by atoms with Crippen LogP contribution in [0.2, 0.25) is 0 Å². The summed E-state index contributed by atoms with van der Waals surface area (Å²) < 4.78 is 10.8. The SMILES string of the molecule is CCO[C@@H]1CN(C(=O)[C@@H](Cl)CC)C[C@H]1OC. The fraction of sp³-hybridized carbons (Fsp3) is 0.909. The minimum atomic E-state index is -0.433. The van der Waals surface area contributed by atoms with Crippen LogP contribution in [0.5, 0.6) is 0 Å². The number of amides is 1. The molecule has 1 rings (SSSR count). The molecule has 1 fully saturated rings. The van der Waals surface area contributed by atoms with Gasteiger partial charge in [0.2, 0.25) is 5.91 Å². The predicted octanol–water partition coefficient (Wildman–Crippen LogP) is 1.27. The van der Waals surface area contributed by atoms with Crippen LogP contribution in [0.1, 0.15) is 20.3 Å². The van der Waals surface area contributed by atoms with Gasteiger partial charge < -0.3 is 14.4 Å². The van der Waals surface area contributed by atoms with Gasteiger partial charge in [0.1, 0.15) is 17.6 Å². The van der Waals surface area contributed by atoms with E-state index in [0.29, 0.717) is 26.1 Å². The highest BCUT2D eigenvalue weighted by Gasteiger charge is 2.37. The Kier molecular flexibility index (Phi) is 5.52. The molecule has 1 amide bonds. The average molecular weight is 250 g/mol. The van der Waals surface area contributed by atoms with E-state index < -0.39 is 5.38 Å². The first-order valence-electron chi connectivity index (χ1n) is 5.71. The van der Waals surface area contributed by atoms with Crippen molar-refractivity contribution in [2.75, 3.05) is 26.8 Å². The fourth-order valence-corrected chi connectivity index (χ4v) is 2.04. The Balaban J connectivity index is 2.56. The number of likely N-dealkylation sites (tertiary alicyclic amines) is 1. The normalized spacial score (nSPS) is 27.1. The molecule has 0 unspecified atom stereocenters. The number of alkyl halides is 1. The molecule has 1 saturated heterocycles. The lowest BCUT2D eigenvalue weighted by molar-refractivity contribution is -0.130. The van der Waals surface area contributed by atoms with Crippen LogP contribution in [-0.2, 0) is 14.3 Å². The molecule has 0 bridgehead atoms. The van der Waals surface area contributed by atoms with Crippen molar-refractivity contribution in [3.05, 3.63) is 0 Å². The first-order valence-corrected chi connectivity index (χ1v) is 6.14. The van der Waals surface area contributed by atoms with E-state index in [9.17, 15) is 4.79 Å². The van der Waals surface area contributed by atoms with Gasteiger partial charge >= 0.3 is 0 Å². The summed E-state index contributed by atoms with van der Waals surface area (Å²) >= 11 is 5.94. The van der Waals surface area contributed by atoms with Crippen LogP contribution < -0.4 is 0 Å². The van der Waals surface area contributed by atoms with Crippen LogP contribution >= 0.6 is 11.6 Å². The second-order valence-corrected chi connectivity index (χ2v) is 4.41. The number of hydrogen-bond donors (Lipinski definition) is 0. The van der Waals surface area contributed by atoms with E-state index in [4.69, 9.17) is 21.1 Å². The first-order chi connectivity index (χ1) is 7.63. The van der Waals surface area contributed by atoms with E-state index in [1.807, 2.05) is 13.8 Å². The predicted molar refractivity (Wildman–Crippen MR) is 62.7 cm³/mol. The number of halogens is 1. The standard InChI is InChI=1S/C11H20ClNO3/c1-4-8(12)11(14)13-6-9(15-3)10(7-13)16-5-2/h8-10H,4-7H2,1-3H3/t8-,9+,10+/m0/s1. The molecule has 3 atom stereocenters. The summed E-state index contributed by atoms with van der Waals surface area (Å²) in [6.07, 6.45) is 0.581. The summed E-state index contributed by atoms with van der Waals surface area (Å²) in [4.78, 5) is 13.6. The third-order valence-corrected chi connectivity index (χ3v) is 3.33. The average Bonchev–Trinajstić information content (AvgIpc) is 2.70. The van der Waals surface area contributed by atoms with Gasteiger partial charge in [0.05, 0.1) is 0 Å². The van der Waals surface area contributed by atoms with Gasteiger partial charge in [-0.15, -0.1) is 11.6 Å². The van der Waals surface area contributed by atoms with Crippen LogP contribution in [-0.4, -0.2) is 55.2 Å². The van der Waals surface area contributed by atoms with E-state index >= 15 is 0 Å². The second-order valence-electron chi connectivity index (χ2n) is 3.89. The highest BCUT2D eigenvalue weighted by atomic mass is 35.5. The highest BCUT2D eigenvalue weighted by molar-refractivity contribution is 6.30. The molecule has 1 aliphatic rings. The first kappa shape index (κ1) is 13.7. The maximum Gasteiger partial charge on any atom is 0.240 e. The Morgan fingerprint density at radius 3 is 2.56 bits per heavy atom. The molecule has 0 saturated carbocycles. The quantitative estimate of drug-likeness (QED) is 0.689. The number of carbonyl (C=O) groups is 1. The minimum Gasteiger partial charge on any atom is -0.377 e. The monoisotopic (exact) mass is 249 g/mol. The Bertz CT molecular complexity index is 237. The maximum absolute atomic E-state index is 11.9. The van der Waals surface area contributed by atoms with Gasteiger partial charge in [-0.1, -0.05) is 6.92 Å². The molecule has 0 aromatic heterocycles. The highest BCUT2D eigenvalue weighted by Crippen LogP contribution is 2.19. The number of ether oxygens (including phenoxy) is 2. The van der Waals surface area contributed by atoms with Crippen molar-refractivity contribution in [2.24, 2.45) is 0 Å². The van der Waals surface area contributed by atoms with E-state index in [1.165, 1.54) is 0 Å². The molecule has 0 aliphatic carbocycles. The number of methoxy groups -OCH3 is 1. The summed E-state index contributed by atoms with van der Waals surface area (Å²) in [6.45, 7) is 5.62. The topological polar surface area (TPSA) is 38.8 Å². The van der Waals surface area contributed by atoms with Crippen molar-refractivity contribution < 1.29 is 14.3 Å². The van der Waals surface area contributed by atoms with E-state index in [-0.39, 0.29) is 18.1 Å². The van der Waals surface area contributed by atoms with Gasteiger partial charge in [0, 0.05) is 26.8 Å². The van der Waals surface area contributed by atoms with Gasteiger partial charge in [-0.25, -0.2) is 0 Å². The Morgan fingerprint density at radius 1 is 1.44 bits per heavy atom. The molecule has 4 nitrogen and oxygen atoms in total. The summed E-state index contributed by atoms with van der Waals surface area (Å²) in [7, 11) is 1.64. The molecule has 94 valence electrons. The lowest BCUT2D eigenvalue weighted by Crippen LogP contribution is -2.35. The molecule has 5 heteroatoms. The molecule has 1 heterocycles. The zero-order chi connectivity index (χ0) is 12.1. The van der Waals surface area contributed by atoms with E-state index in [1.54, 1.807) is 12.0 Å². The van der Waals surface area contributed by atoms with Gasteiger partial charge in [-0.2, -0.15) is 0 Å². The van der Waals surface area contributed by atoms with Gasteiger partial charge in [0.15, 0.2) is 0 Å². The number of hydrogen-bond acceptors (Lipinski definition) is 3. The van der Waals surface area contributed by atoms with Crippen LogP contribution in [0.15, 0.2) is 0 Å². The van der Waals surface area contributed by atoms with Gasteiger partial charge in [0.25, 0.3) is 0 Å². The van der Waals surface area contributed by atoms with Crippen LogP contribution in [0.25, 0.3) is 0 Å². The maximum atomic E-state index is 11.9. The summed E-state index contributed by atoms with van der Waals surface area (Å²) in [5.74, 6) is -0.0200. The van der Waals surface area contributed by atoms with Crippen LogP contribution in [0, 0.1) is 0 Å². The lowest BCUT2D eigenvalue weighted by Gasteiger charge is -2.18. The van der Waals surface area contributed by atoms with Gasteiger partial charge in [-0.05, 0) is 13.3 Å². The smallest absolute Gasteiger partial charge is 0.240 e. The van der Waals surface area contributed by atoms with Crippen molar-refractivity contribution in [3.8, 4) is 0 Å².